The van der Waals surface area contributed by atoms with Crippen LogP contribution in [0, 0.1) is 0 Å². The molecule has 2 rings (SSSR count). The minimum Gasteiger partial charge on any atom is -0.444 e. The van der Waals surface area contributed by atoms with Gasteiger partial charge in [0.1, 0.15) is 5.60 Å². The van der Waals surface area contributed by atoms with E-state index in [1.165, 1.54) is 0 Å². The lowest BCUT2D eigenvalue weighted by Crippen LogP contribution is -2.42. The van der Waals surface area contributed by atoms with Crippen LogP contribution in [-0.2, 0) is 4.74 Å². The summed E-state index contributed by atoms with van der Waals surface area (Å²) in [6.45, 7) is 6.36. The number of rotatable bonds is 1. The van der Waals surface area contributed by atoms with Gasteiger partial charge in [-0.25, -0.2) is 4.79 Å². The standard InChI is InChI=1S/C14H21N3O2/c1-14(2,3)19-13(18)17-9-5-4-6-12(17)11-10-15-7-8-16-11/h7-8,10,12H,4-6,9H2,1-3H3. The smallest absolute Gasteiger partial charge is 0.410 e. The van der Waals surface area contributed by atoms with Gasteiger partial charge in [0.15, 0.2) is 0 Å². The number of aromatic nitrogens is 2. The summed E-state index contributed by atoms with van der Waals surface area (Å²) in [6, 6.07) is -0.0164. The molecule has 0 N–H and O–H groups in total. The van der Waals surface area contributed by atoms with Crippen LogP contribution in [0.15, 0.2) is 18.6 Å². The summed E-state index contributed by atoms with van der Waals surface area (Å²) in [6.07, 6.45) is 7.80. The zero-order valence-electron chi connectivity index (χ0n) is 11.8. The molecule has 0 aliphatic carbocycles. The lowest BCUT2D eigenvalue weighted by molar-refractivity contribution is 0.00896. The fraction of sp³-hybridized carbons (Fsp3) is 0.643. The summed E-state index contributed by atoms with van der Waals surface area (Å²) >= 11 is 0. The molecule has 1 aromatic rings. The van der Waals surface area contributed by atoms with Crippen molar-refractivity contribution in [2.24, 2.45) is 0 Å². The number of hydrogen-bond donors (Lipinski definition) is 0. The molecule has 5 heteroatoms. The van der Waals surface area contributed by atoms with Gasteiger partial charge >= 0.3 is 6.09 Å². The molecule has 2 heterocycles. The second-order valence-corrected chi connectivity index (χ2v) is 5.82. The molecule has 1 amide bonds. The van der Waals surface area contributed by atoms with Crippen molar-refractivity contribution in [3.63, 3.8) is 0 Å². The Balaban J connectivity index is 2.15. The summed E-state index contributed by atoms with van der Waals surface area (Å²) in [5.41, 5.74) is 0.370. The topological polar surface area (TPSA) is 55.3 Å². The highest BCUT2D eigenvalue weighted by Gasteiger charge is 2.32. The molecule has 0 saturated carbocycles. The highest BCUT2D eigenvalue weighted by atomic mass is 16.6. The normalized spacial score (nSPS) is 20.2. The third kappa shape index (κ3) is 3.66. The summed E-state index contributed by atoms with van der Waals surface area (Å²) in [4.78, 5) is 22.4. The largest absolute Gasteiger partial charge is 0.444 e. The van der Waals surface area contributed by atoms with E-state index >= 15 is 0 Å². The molecule has 5 nitrogen and oxygen atoms in total. The molecule has 0 bridgehead atoms. The maximum Gasteiger partial charge on any atom is 0.410 e. The summed E-state index contributed by atoms with van der Waals surface area (Å²) in [5, 5.41) is 0. The lowest BCUT2D eigenvalue weighted by Gasteiger charge is -2.36. The first kappa shape index (κ1) is 13.8. The fourth-order valence-corrected chi connectivity index (χ4v) is 2.26. The van der Waals surface area contributed by atoms with Crippen molar-refractivity contribution >= 4 is 6.09 Å². The van der Waals surface area contributed by atoms with Crippen LogP contribution in [-0.4, -0.2) is 33.1 Å². The number of likely N-dealkylation sites (tertiary alicyclic amines) is 1. The summed E-state index contributed by atoms with van der Waals surface area (Å²) in [5.74, 6) is 0. The van der Waals surface area contributed by atoms with Gasteiger partial charge in [0, 0.05) is 18.9 Å². The van der Waals surface area contributed by atoms with Crippen LogP contribution < -0.4 is 0 Å². The first-order valence-electron chi connectivity index (χ1n) is 6.73. The number of piperidine rings is 1. The van der Waals surface area contributed by atoms with E-state index in [0.29, 0.717) is 0 Å². The highest BCUT2D eigenvalue weighted by molar-refractivity contribution is 5.68. The molecule has 19 heavy (non-hydrogen) atoms. The van der Waals surface area contributed by atoms with E-state index in [1.807, 2.05) is 20.8 Å². The van der Waals surface area contributed by atoms with Gasteiger partial charge < -0.3 is 4.74 Å². The first-order chi connectivity index (χ1) is 8.97. The van der Waals surface area contributed by atoms with Crippen LogP contribution in [0.4, 0.5) is 4.79 Å². The summed E-state index contributed by atoms with van der Waals surface area (Å²) < 4.78 is 5.47. The van der Waals surface area contributed by atoms with Crippen molar-refractivity contribution < 1.29 is 9.53 Å². The predicted octanol–water partition coefficient (Wildman–Crippen LogP) is 2.94. The van der Waals surface area contributed by atoms with Crippen LogP contribution in [0.25, 0.3) is 0 Å². The zero-order chi connectivity index (χ0) is 13.9. The van der Waals surface area contributed by atoms with Gasteiger partial charge in [-0.1, -0.05) is 0 Å². The van der Waals surface area contributed by atoms with Crippen LogP contribution in [0.3, 0.4) is 0 Å². The van der Waals surface area contributed by atoms with Crippen molar-refractivity contribution in [2.45, 2.75) is 51.7 Å². The van der Waals surface area contributed by atoms with Gasteiger partial charge in [-0.3, -0.25) is 14.9 Å². The Labute approximate surface area is 114 Å². The van der Waals surface area contributed by atoms with Gasteiger partial charge in [0.05, 0.1) is 17.9 Å². The number of carbonyl (C=O) groups is 1. The lowest BCUT2D eigenvalue weighted by atomic mass is 10.00. The molecular weight excluding hydrogens is 242 g/mol. The Kier molecular flexibility index (Phi) is 4.02. The molecule has 1 saturated heterocycles. The molecule has 0 radical (unpaired) electrons. The quantitative estimate of drug-likeness (QED) is 0.781. The number of amides is 1. The van der Waals surface area contributed by atoms with E-state index in [0.717, 1.165) is 31.5 Å². The maximum atomic E-state index is 12.3. The molecule has 1 unspecified atom stereocenters. The molecule has 1 aliphatic rings. The zero-order valence-corrected chi connectivity index (χ0v) is 11.8. The van der Waals surface area contributed by atoms with Crippen LogP contribution in [0.1, 0.15) is 51.8 Å². The van der Waals surface area contributed by atoms with E-state index in [1.54, 1.807) is 23.5 Å². The highest BCUT2D eigenvalue weighted by Crippen LogP contribution is 2.30. The molecular formula is C14H21N3O2. The van der Waals surface area contributed by atoms with E-state index in [4.69, 9.17) is 4.74 Å². The SMILES string of the molecule is CC(C)(C)OC(=O)N1CCCCC1c1cnccn1. The van der Waals surface area contributed by atoms with Gasteiger partial charge in [-0.15, -0.1) is 0 Å². The van der Waals surface area contributed by atoms with Crippen molar-refractivity contribution in [1.29, 1.82) is 0 Å². The number of carbonyl (C=O) groups excluding carboxylic acids is 1. The third-order valence-electron chi connectivity index (χ3n) is 3.06. The number of nitrogens with zero attached hydrogens (tertiary/aromatic N) is 3. The Hall–Kier alpha value is -1.65. The van der Waals surface area contributed by atoms with Gasteiger partial charge in [0.25, 0.3) is 0 Å². The molecule has 0 spiro atoms. The minimum atomic E-state index is -0.471. The fourth-order valence-electron chi connectivity index (χ4n) is 2.26. The van der Waals surface area contributed by atoms with Crippen LogP contribution in [0.2, 0.25) is 0 Å². The molecule has 1 aromatic heterocycles. The van der Waals surface area contributed by atoms with Gasteiger partial charge in [0.2, 0.25) is 0 Å². The molecule has 1 aliphatic heterocycles. The first-order valence-corrected chi connectivity index (χ1v) is 6.73. The third-order valence-corrected chi connectivity index (χ3v) is 3.06. The molecule has 104 valence electrons. The van der Waals surface area contributed by atoms with E-state index < -0.39 is 5.60 Å². The molecule has 1 atom stereocenters. The van der Waals surface area contributed by atoms with Gasteiger partial charge in [-0.05, 0) is 40.0 Å². The van der Waals surface area contributed by atoms with E-state index in [2.05, 4.69) is 9.97 Å². The molecule has 1 fully saturated rings. The van der Waals surface area contributed by atoms with Crippen molar-refractivity contribution in [2.75, 3.05) is 6.54 Å². The van der Waals surface area contributed by atoms with Crippen molar-refractivity contribution in [3.05, 3.63) is 24.3 Å². The van der Waals surface area contributed by atoms with Crippen LogP contribution in [0.5, 0.6) is 0 Å². The Morgan fingerprint density at radius 1 is 1.37 bits per heavy atom. The van der Waals surface area contributed by atoms with E-state index in [-0.39, 0.29) is 12.1 Å². The average Bonchev–Trinajstić information content (AvgIpc) is 2.38. The summed E-state index contributed by atoms with van der Waals surface area (Å²) in [7, 11) is 0. The Bertz CT molecular complexity index is 428. The van der Waals surface area contributed by atoms with Crippen LogP contribution >= 0.6 is 0 Å². The second-order valence-electron chi connectivity index (χ2n) is 5.82. The Morgan fingerprint density at radius 3 is 2.79 bits per heavy atom. The average molecular weight is 263 g/mol. The van der Waals surface area contributed by atoms with Crippen molar-refractivity contribution in [1.82, 2.24) is 14.9 Å². The number of ether oxygens (including phenoxy) is 1. The second kappa shape index (κ2) is 5.55. The predicted molar refractivity (Wildman–Crippen MR) is 71.6 cm³/mol. The maximum absolute atomic E-state index is 12.3. The molecule has 0 aromatic carbocycles. The number of hydrogen-bond acceptors (Lipinski definition) is 4. The minimum absolute atomic E-state index is 0.0164. The van der Waals surface area contributed by atoms with Gasteiger partial charge in [-0.2, -0.15) is 0 Å². The Morgan fingerprint density at radius 2 is 2.16 bits per heavy atom. The monoisotopic (exact) mass is 263 g/mol. The van der Waals surface area contributed by atoms with Crippen molar-refractivity contribution in [3.8, 4) is 0 Å². The van der Waals surface area contributed by atoms with E-state index in [9.17, 15) is 4.79 Å².